The van der Waals surface area contributed by atoms with Crippen molar-refractivity contribution in [2.24, 2.45) is 5.92 Å². The van der Waals surface area contributed by atoms with Gasteiger partial charge in [0.05, 0.1) is 43.3 Å². The number of carbonyl (C=O) groups excluding carboxylic acids is 1. The van der Waals surface area contributed by atoms with Crippen molar-refractivity contribution in [3.05, 3.63) is 46.7 Å². The van der Waals surface area contributed by atoms with Crippen LogP contribution in [0, 0.1) is 5.92 Å². The number of carbonyl (C=O) groups is 2. The van der Waals surface area contributed by atoms with E-state index in [1.165, 1.54) is 43.0 Å². The first-order valence-electron chi connectivity index (χ1n) is 14.2. The Hall–Kier alpha value is -3.82. The van der Waals surface area contributed by atoms with Gasteiger partial charge in [0.2, 0.25) is 0 Å². The first-order valence-corrected chi connectivity index (χ1v) is 15.0. The largest absolute Gasteiger partial charge is 0.496 e. The summed E-state index contributed by atoms with van der Waals surface area (Å²) in [6.45, 7) is 2.80. The molecule has 1 amide bonds. The molecule has 2 N–H and O–H groups in total. The highest BCUT2D eigenvalue weighted by Gasteiger charge is 2.35. The highest BCUT2D eigenvalue weighted by molar-refractivity contribution is 7.16. The summed E-state index contributed by atoms with van der Waals surface area (Å²) in [5.41, 5.74) is -0.283. The average Bonchev–Trinajstić information content (AvgIpc) is 3.63. The maximum Gasteiger partial charge on any atom is 0.419 e. The van der Waals surface area contributed by atoms with Gasteiger partial charge in [0.15, 0.2) is 5.13 Å². The zero-order chi connectivity index (χ0) is 31.4. The number of benzene rings is 1. The van der Waals surface area contributed by atoms with E-state index in [1.807, 2.05) is 4.90 Å². The zero-order valence-corrected chi connectivity index (χ0v) is 25.1. The zero-order valence-electron chi connectivity index (χ0n) is 24.3. The lowest BCUT2D eigenvalue weighted by atomic mass is 9.97. The van der Waals surface area contributed by atoms with Gasteiger partial charge in [-0.3, -0.25) is 19.8 Å². The molecule has 0 saturated carbocycles. The van der Waals surface area contributed by atoms with E-state index in [-0.39, 0.29) is 34.1 Å². The molecular weight excluding hydrogens is 601 g/mol. The van der Waals surface area contributed by atoms with E-state index in [0.717, 1.165) is 25.5 Å². The standard InChI is InChI=1S/C29H33F3N6O5S/c1-42-16-19-4-3-9-38(19)15-23-25(18-5-6-22(43-2)20(12-18)29(30,31)32)35-28(44-23)36-26(39)21-13-34-24(14-33-21)37-10-7-17(8-11-37)27(40)41/h5-6,12-14,17,19H,3-4,7-11,15-16H2,1-2H3,(H,40,41)(H,35,36,39). The van der Waals surface area contributed by atoms with Crippen molar-refractivity contribution < 1.29 is 37.3 Å². The molecule has 2 aliphatic rings. The van der Waals surface area contributed by atoms with E-state index in [0.29, 0.717) is 55.5 Å². The summed E-state index contributed by atoms with van der Waals surface area (Å²) >= 11 is 1.19. The van der Waals surface area contributed by atoms with Crippen molar-refractivity contribution in [3.8, 4) is 17.0 Å². The second-order valence-corrected chi connectivity index (χ2v) is 11.8. The lowest BCUT2D eigenvalue weighted by Crippen LogP contribution is -2.36. The molecule has 11 nitrogen and oxygen atoms in total. The van der Waals surface area contributed by atoms with E-state index < -0.39 is 23.6 Å². The molecule has 15 heteroatoms. The number of alkyl halides is 3. The maximum atomic E-state index is 13.8. The number of carboxylic acids is 1. The average molecular weight is 635 g/mol. The molecule has 236 valence electrons. The summed E-state index contributed by atoms with van der Waals surface area (Å²) in [5.74, 6) is -1.50. The van der Waals surface area contributed by atoms with Gasteiger partial charge in [0, 0.05) is 43.2 Å². The van der Waals surface area contributed by atoms with Gasteiger partial charge >= 0.3 is 12.1 Å². The SMILES string of the molecule is COCC1CCCN1Cc1sc(NC(=O)c2cnc(N3CCC(C(=O)O)CC3)cn2)nc1-c1ccc(OC)c(C(F)(F)F)c1. The fraction of sp³-hybridized carbons (Fsp3) is 0.483. The quantitative estimate of drug-likeness (QED) is 0.321. The number of ether oxygens (including phenoxy) is 2. The predicted molar refractivity (Wildman–Crippen MR) is 157 cm³/mol. The van der Waals surface area contributed by atoms with Crippen LogP contribution >= 0.6 is 11.3 Å². The van der Waals surface area contributed by atoms with Gasteiger partial charge in [-0.05, 0) is 50.4 Å². The maximum absolute atomic E-state index is 13.8. The van der Waals surface area contributed by atoms with Crippen molar-refractivity contribution >= 4 is 34.2 Å². The van der Waals surface area contributed by atoms with Crippen LogP contribution in [0.25, 0.3) is 11.3 Å². The number of nitrogens with one attached hydrogen (secondary N) is 1. The van der Waals surface area contributed by atoms with Crippen molar-refractivity contribution in [3.63, 3.8) is 0 Å². The molecular formula is C29H33F3N6O5S. The number of anilines is 2. The van der Waals surface area contributed by atoms with E-state index in [2.05, 4.69) is 25.2 Å². The number of aromatic nitrogens is 3. The van der Waals surface area contributed by atoms with Crippen LogP contribution in [0.5, 0.6) is 5.75 Å². The van der Waals surface area contributed by atoms with Crippen LogP contribution < -0.4 is 15.0 Å². The lowest BCUT2D eigenvalue weighted by Gasteiger charge is -2.30. The van der Waals surface area contributed by atoms with Gasteiger partial charge < -0.3 is 19.5 Å². The number of amides is 1. The number of nitrogens with zero attached hydrogens (tertiary/aromatic N) is 5. The monoisotopic (exact) mass is 634 g/mol. The molecule has 1 unspecified atom stereocenters. The number of carboxylic acid groups (broad SMARTS) is 1. The number of aliphatic carboxylic acids is 1. The number of methoxy groups -OCH3 is 2. The number of hydrogen-bond acceptors (Lipinski definition) is 10. The van der Waals surface area contributed by atoms with Gasteiger partial charge in [-0.15, -0.1) is 0 Å². The van der Waals surface area contributed by atoms with Crippen LogP contribution in [0.4, 0.5) is 24.1 Å². The molecule has 2 fully saturated rings. The van der Waals surface area contributed by atoms with Gasteiger partial charge in [-0.2, -0.15) is 13.2 Å². The summed E-state index contributed by atoms with van der Waals surface area (Å²) < 4.78 is 51.8. The highest BCUT2D eigenvalue weighted by atomic mass is 32.1. The second kappa shape index (κ2) is 13.4. The van der Waals surface area contributed by atoms with Crippen LogP contribution in [-0.4, -0.2) is 83.3 Å². The van der Waals surface area contributed by atoms with Crippen LogP contribution in [0.15, 0.2) is 30.6 Å². The molecule has 3 aromatic rings. The minimum absolute atomic E-state index is 0.0379. The first kappa shape index (κ1) is 31.6. The molecule has 1 aromatic carbocycles. The Bertz CT molecular complexity index is 1480. The molecule has 1 atom stereocenters. The van der Waals surface area contributed by atoms with E-state index >= 15 is 0 Å². The Morgan fingerprint density at radius 2 is 1.89 bits per heavy atom. The van der Waals surface area contributed by atoms with Crippen LogP contribution in [0.2, 0.25) is 0 Å². The molecule has 0 aliphatic carbocycles. The fourth-order valence-corrected chi connectivity index (χ4v) is 6.61. The Kier molecular flexibility index (Phi) is 9.65. The normalized spacial score (nSPS) is 18.0. The summed E-state index contributed by atoms with van der Waals surface area (Å²) in [7, 11) is 2.82. The second-order valence-electron chi connectivity index (χ2n) is 10.7. The van der Waals surface area contributed by atoms with Gasteiger partial charge in [-0.1, -0.05) is 11.3 Å². The summed E-state index contributed by atoms with van der Waals surface area (Å²) in [4.78, 5) is 42.3. The molecule has 5 rings (SSSR count). The number of piperidine rings is 1. The Morgan fingerprint density at radius 1 is 1.11 bits per heavy atom. The summed E-state index contributed by atoms with van der Waals surface area (Å²) in [6.07, 6.45) is 1.07. The first-order chi connectivity index (χ1) is 21.1. The van der Waals surface area contributed by atoms with Crippen molar-refractivity contribution in [2.75, 3.05) is 50.7 Å². The van der Waals surface area contributed by atoms with Gasteiger partial charge in [-0.25, -0.2) is 15.0 Å². The molecule has 2 aromatic heterocycles. The highest BCUT2D eigenvalue weighted by Crippen LogP contribution is 2.41. The lowest BCUT2D eigenvalue weighted by molar-refractivity contribution is -0.142. The van der Waals surface area contributed by atoms with E-state index in [4.69, 9.17) is 9.47 Å². The molecule has 4 heterocycles. The predicted octanol–water partition coefficient (Wildman–Crippen LogP) is 4.79. The molecule has 0 bridgehead atoms. The third kappa shape index (κ3) is 7.11. The van der Waals surface area contributed by atoms with Crippen molar-refractivity contribution in [2.45, 2.75) is 44.4 Å². The summed E-state index contributed by atoms with van der Waals surface area (Å²) in [6, 6.07) is 3.98. The number of thiazole rings is 1. The number of rotatable bonds is 10. The topological polar surface area (TPSA) is 130 Å². The Labute approximate surface area is 256 Å². The fourth-order valence-electron chi connectivity index (χ4n) is 5.60. The van der Waals surface area contributed by atoms with Crippen LogP contribution in [0.3, 0.4) is 0 Å². The van der Waals surface area contributed by atoms with Crippen LogP contribution in [0.1, 0.15) is 46.6 Å². The third-order valence-electron chi connectivity index (χ3n) is 7.94. The van der Waals surface area contributed by atoms with Crippen molar-refractivity contribution in [1.29, 1.82) is 0 Å². The molecule has 0 spiro atoms. The third-order valence-corrected chi connectivity index (χ3v) is 8.90. The minimum Gasteiger partial charge on any atom is -0.496 e. The van der Waals surface area contributed by atoms with Gasteiger partial charge in [0.1, 0.15) is 17.3 Å². The Morgan fingerprint density at radius 3 is 2.52 bits per heavy atom. The molecule has 0 radical (unpaired) electrons. The number of halogens is 3. The Balaban J connectivity index is 1.38. The summed E-state index contributed by atoms with van der Waals surface area (Å²) in [5, 5.41) is 12.2. The van der Waals surface area contributed by atoms with Crippen molar-refractivity contribution in [1.82, 2.24) is 19.9 Å². The number of hydrogen-bond donors (Lipinski definition) is 2. The van der Waals surface area contributed by atoms with Gasteiger partial charge in [0.25, 0.3) is 5.91 Å². The minimum atomic E-state index is -4.63. The number of likely N-dealkylation sites (tertiary alicyclic amines) is 1. The molecule has 2 aliphatic heterocycles. The smallest absolute Gasteiger partial charge is 0.419 e. The van der Waals surface area contributed by atoms with E-state index in [9.17, 15) is 27.9 Å². The molecule has 44 heavy (non-hydrogen) atoms. The van der Waals surface area contributed by atoms with E-state index in [1.54, 1.807) is 7.11 Å². The van der Waals surface area contributed by atoms with Crippen LogP contribution in [-0.2, 0) is 22.3 Å². The molecule has 2 saturated heterocycles.